The molecule has 0 saturated heterocycles. The monoisotopic (exact) mass is 384 g/mol. The SMILES string of the molecule is COC(CNC(=O)c1cc(C2CC2)nn1C)=NC(=C(C)C)c1cccc(F)c1. The van der Waals surface area contributed by atoms with Crippen LogP contribution in [0.3, 0.4) is 0 Å². The highest BCUT2D eigenvalue weighted by molar-refractivity contribution is 5.96. The number of ether oxygens (including phenoxy) is 1. The van der Waals surface area contributed by atoms with Crippen LogP contribution in [0.2, 0.25) is 0 Å². The molecule has 1 saturated carbocycles. The molecule has 7 heteroatoms. The minimum absolute atomic E-state index is 0.116. The Hall–Kier alpha value is -2.96. The van der Waals surface area contributed by atoms with Crippen molar-refractivity contribution in [3.63, 3.8) is 0 Å². The van der Waals surface area contributed by atoms with Gasteiger partial charge in [-0.2, -0.15) is 5.10 Å². The number of aromatic nitrogens is 2. The normalized spacial score (nSPS) is 14.0. The highest BCUT2D eigenvalue weighted by Gasteiger charge is 2.28. The summed E-state index contributed by atoms with van der Waals surface area (Å²) in [6.45, 7) is 3.90. The number of aryl methyl sites for hydroxylation is 1. The van der Waals surface area contributed by atoms with Crippen LogP contribution in [0.1, 0.15) is 54.4 Å². The summed E-state index contributed by atoms with van der Waals surface area (Å²) in [5.41, 5.74) is 3.65. The lowest BCUT2D eigenvalue weighted by atomic mass is 10.1. The highest BCUT2D eigenvalue weighted by atomic mass is 19.1. The van der Waals surface area contributed by atoms with Gasteiger partial charge in [-0.05, 0) is 50.5 Å². The Morgan fingerprint density at radius 2 is 2.11 bits per heavy atom. The zero-order valence-corrected chi connectivity index (χ0v) is 16.6. The molecule has 1 N–H and O–H groups in total. The van der Waals surface area contributed by atoms with E-state index in [0.717, 1.165) is 24.1 Å². The molecule has 148 valence electrons. The van der Waals surface area contributed by atoms with Crippen molar-refractivity contribution in [1.29, 1.82) is 0 Å². The van der Waals surface area contributed by atoms with Crippen molar-refractivity contribution in [3.05, 3.63) is 58.7 Å². The molecular weight excluding hydrogens is 359 g/mol. The van der Waals surface area contributed by atoms with E-state index in [9.17, 15) is 9.18 Å². The summed E-state index contributed by atoms with van der Waals surface area (Å²) in [5.74, 6) is 0.242. The van der Waals surface area contributed by atoms with E-state index >= 15 is 0 Å². The van der Waals surface area contributed by atoms with Crippen LogP contribution in [0.4, 0.5) is 4.39 Å². The van der Waals surface area contributed by atoms with Crippen molar-refractivity contribution in [2.75, 3.05) is 13.7 Å². The number of allylic oxidation sites excluding steroid dienone is 1. The number of hydrogen-bond donors (Lipinski definition) is 1. The number of aliphatic imine (C=N–C) groups is 1. The molecule has 0 radical (unpaired) electrons. The van der Waals surface area contributed by atoms with Crippen LogP contribution in [0.5, 0.6) is 0 Å². The van der Waals surface area contributed by atoms with Gasteiger partial charge >= 0.3 is 0 Å². The van der Waals surface area contributed by atoms with E-state index in [-0.39, 0.29) is 18.3 Å². The standard InChI is InChI=1S/C21H25FN4O2/c1-13(2)20(15-6-5-7-16(22)10-15)24-19(28-4)12-23-21(27)18-11-17(14-8-9-14)25-26(18)3/h5-7,10-11,14H,8-9,12H2,1-4H3,(H,23,27). The number of carbonyl (C=O) groups is 1. The van der Waals surface area contributed by atoms with Gasteiger partial charge < -0.3 is 10.1 Å². The van der Waals surface area contributed by atoms with Gasteiger partial charge in [0, 0.05) is 18.5 Å². The molecule has 1 aliphatic rings. The van der Waals surface area contributed by atoms with E-state index in [4.69, 9.17) is 4.74 Å². The van der Waals surface area contributed by atoms with Gasteiger partial charge in [0.1, 0.15) is 11.5 Å². The average Bonchev–Trinajstić information content (AvgIpc) is 3.43. The summed E-state index contributed by atoms with van der Waals surface area (Å²) >= 11 is 0. The average molecular weight is 384 g/mol. The first-order valence-corrected chi connectivity index (χ1v) is 9.26. The maximum absolute atomic E-state index is 13.6. The van der Waals surface area contributed by atoms with Crippen molar-refractivity contribution in [2.24, 2.45) is 12.0 Å². The van der Waals surface area contributed by atoms with Crippen LogP contribution in [-0.4, -0.2) is 35.2 Å². The number of rotatable bonds is 6. The molecule has 0 bridgehead atoms. The van der Waals surface area contributed by atoms with Gasteiger partial charge in [-0.25, -0.2) is 9.38 Å². The molecule has 0 aliphatic heterocycles. The number of benzene rings is 1. The third kappa shape index (κ3) is 4.65. The molecule has 28 heavy (non-hydrogen) atoms. The Morgan fingerprint density at radius 1 is 1.36 bits per heavy atom. The molecule has 1 heterocycles. The van der Waals surface area contributed by atoms with Gasteiger partial charge in [0.2, 0.25) is 5.90 Å². The van der Waals surface area contributed by atoms with E-state index in [0.29, 0.717) is 28.8 Å². The first-order chi connectivity index (χ1) is 13.4. The summed E-state index contributed by atoms with van der Waals surface area (Å²) in [4.78, 5) is 17.0. The Labute approximate surface area is 164 Å². The molecular formula is C21H25FN4O2. The Kier molecular flexibility index (Phi) is 5.92. The van der Waals surface area contributed by atoms with Crippen molar-refractivity contribution in [2.45, 2.75) is 32.6 Å². The summed E-state index contributed by atoms with van der Waals surface area (Å²) < 4.78 is 20.5. The molecule has 1 aromatic heterocycles. The predicted octanol–water partition coefficient (Wildman–Crippen LogP) is 3.66. The maximum atomic E-state index is 13.6. The van der Waals surface area contributed by atoms with Crippen molar-refractivity contribution in [1.82, 2.24) is 15.1 Å². The molecule has 1 amide bonds. The Balaban J connectivity index is 1.73. The van der Waals surface area contributed by atoms with Crippen LogP contribution in [0.15, 0.2) is 40.9 Å². The summed E-state index contributed by atoms with van der Waals surface area (Å²) in [6, 6.07) is 8.07. The Bertz CT molecular complexity index is 938. The molecule has 2 aromatic rings. The van der Waals surface area contributed by atoms with Crippen LogP contribution in [-0.2, 0) is 11.8 Å². The molecule has 1 aliphatic carbocycles. The molecule has 6 nitrogen and oxygen atoms in total. The van der Waals surface area contributed by atoms with E-state index in [1.165, 1.54) is 19.2 Å². The van der Waals surface area contributed by atoms with Gasteiger partial charge in [-0.1, -0.05) is 12.1 Å². The lowest BCUT2D eigenvalue weighted by molar-refractivity contribution is 0.0948. The van der Waals surface area contributed by atoms with Crippen molar-refractivity contribution < 1.29 is 13.9 Å². The van der Waals surface area contributed by atoms with Gasteiger partial charge in [-0.15, -0.1) is 0 Å². The molecule has 1 aromatic carbocycles. The quantitative estimate of drug-likeness (QED) is 0.610. The molecule has 0 spiro atoms. The highest BCUT2D eigenvalue weighted by Crippen LogP contribution is 2.39. The number of carbonyl (C=O) groups excluding carboxylic acids is 1. The van der Waals surface area contributed by atoms with Crippen LogP contribution in [0, 0.1) is 5.82 Å². The van der Waals surface area contributed by atoms with Crippen LogP contribution in [0.25, 0.3) is 5.70 Å². The summed E-state index contributed by atoms with van der Waals surface area (Å²) in [7, 11) is 3.26. The van der Waals surface area contributed by atoms with E-state index in [1.807, 2.05) is 19.9 Å². The first-order valence-electron chi connectivity index (χ1n) is 9.26. The predicted molar refractivity (Wildman–Crippen MR) is 107 cm³/mol. The van der Waals surface area contributed by atoms with Crippen molar-refractivity contribution >= 4 is 17.5 Å². The second kappa shape index (κ2) is 8.37. The molecule has 0 unspecified atom stereocenters. The van der Waals surface area contributed by atoms with Gasteiger partial charge in [0.25, 0.3) is 5.91 Å². The number of hydrogen-bond acceptors (Lipinski definition) is 4. The second-order valence-corrected chi connectivity index (χ2v) is 7.10. The fraction of sp³-hybridized carbons (Fsp3) is 0.381. The number of nitrogens with one attached hydrogen (secondary N) is 1. The number of nitrogens with zero attached hydrogens (tertiary/aromatic N) is 3. The molecule has 3 rings (SSSR count). The zero-order chi connectivity index (χ0) is 20.3. The number of amides is 1. The fourth-order valence-electron chi connectivity index (χ4n) is 2.91. The lowest BCUT2D eigenvalue weighted by Gasteiger charge is -2.11. The van der Waals surface area contributed by atoms with Crippen LogP contribution >= 0.6 is 0 Å². The summed E-state index contributed by atoms with van der Waals surface area (Å²) in [5, 5.41) is 7.23. The topological polar surface area (TPSA) is 68.5 Å². The van der Waals surface area contributed by atoms with E-state index < -0.39 is 0 Å². The summed E-state index contributed by atoms with van der Waals surface area (Å²) in [6.07, 6.45) is 2.26. The van der Waals surface area contributed by atoms with Gasteiger partial charge in [-0.3, -0.25) is 9.48 Å². The smallest absolute Gasteiger partial charge is 0.269 e. The second-order valence-electron chi connectivity index (χ2n) is 7.10. The largest absolute Gasteiger partial charge is 0.483 e. The fourth-order valence-corrected chi connectivity index (χ4v) is 2.91. The van der Waals surface area contributed by atoms with E-state index in [1.54, 1.807) is 23.9 Å². The molecule has 1 fully saturated rings. The van der Waals surface area contributed by atoms with Crippen molar-refractivity contribution in [3.8, 4) is 0 Å². The minimum atomic E-state index is -0.332. The van der Waals surface area contributed by atoms with Gasteiger partial charge in [0.05, 0.1) is 25.0 Å². The first kappa shape index (κ1) is 19.8. The molecule has 0 atom stereocenters. The minimum Gasteiger partial charge on any atom is -0.483 e. The Morgan fingerprint density at radius 3 is 2.71 bits per heavy atom. The number of halogens is 1. The van der Waals surface area contributed by atoms with E-state index in [2.05, 4.69) is 15.4 Å². The third-order valence-electron chi connectivity index (χ3n) is 4.57. The lowest BCUT2D eigenvalue weighted by Crippen LogP contribution is -2.31. The maximum Gasteiger partial charge on any atom is 0.269 e. The third-order valence-corrected chi connectivity index (χ3v) is 4.57. The number of methoxy groups -OCH3 is 1. The van der Waals surface area contributed by atoms with Gasteiger partial charge in [0.15, 0.2) is 0 Å². The zero-order valence-electron chi connectivity index (χ0n) is 16.6. The van der Waals surface area contributed by atoms with Crippen LogP contribution < -0.4 is 5.32 Å².